The Labute approximate surface area is 145 Å². The van der Waals surface area contributed by atoms with Gasteiger partial charge in [-0.15, -0.1) is 0 Å². The van der Waals surface area contributed by atoms with E-state index in [1.165, 1.54) is 11.6 Å². The van der Waals surface area contributed by atoms with E-state index in [1.54, 1.807) is 6.07 Å². The number of nitrogens with one attached hydrogen (secondary N) is 1. The molecule has 2 aromatic carbocycles. The second-order valence-electron chi connectivity index (χ2n) is 5.33. The van der Waals surface area contributed by atoms with Gasteiger partial charge >= 0.3 is 0 Å². The molecule has 1 unspecified atom stereocenters. The summed E-state index contributed by atoms with van der Waals surface area (Å²) in [5.74, 6) is 0. The van der Waals surface area contributed by atoms with Crippen LogP contribution in [0.25, 0.3) is 0 Å². The number of halogens is 2. The van der Waals surface area contributed by atoms with Crippen LogP contribution in [-0.2, 0) is 18.2 Å². The van der Waals surface area contributed by atoms with Gasteiger partial charge in [0.1, 0.15) is 0 Å². The highest BCUT2D eigenvalue weighted by Crippen LogP contribution is 2.60. The molecule has 22 heavy (non-hydrogen) atoms. The van der Waals surface area contributed by atoms with Crippen molar-refractivity contribution >= 4 is 58.5 Å². The third-order valence-electron chi connectivity index (χ3n) is 3.99. The molecule has 1 heterocycles. The van der Waals surface area contributed by atoms with Crippen molar-refractivity contribution in [1.29, 1.82) is 5.41 Å². The van der Waals surface area contributed by atoms with Crippen molar-refractivity contribution in [3.63, 3.8) is 0 Å². The summed E-state index contributed by atoms with van der Waals surface area (Å²) in [6, 6.07) is 11.9. The molecule has 0 aliphatic carbocycles. The van der Waals surface area contributed by atoms with E-state index in [9.17, 15) is 0 Å². The lowest BCUT2D eigenvalue weighted by Crippen LogP contribution is -2.39. The summed E-state index contributed by atoms with van der Waals surface area (Å²) in [5, 5.41) is 10.2. The molecule has 6 heteroatoms. The van der Waals surface area contributed by atoms with Crippen LogP contribution >= 0.6 is 29.4 Å². The van der Waals surface area contributed by atoms with E-state index in [2.05, 4.69) is 6.07 Å². The number of aryl methyl sites for hydroxylation is 2. The molecule has 2 nitrogen and oxygen atoms in total. The minimum atomic E-state index is -1.87. The second kappa shape index (κ2) is 5.98. The third kappa shape index (κ3) is 2.51. The van der Waals surface area contributed by atoms with Crippen molar-refractivity contribution in [2.75, 3.05) is 10.8 Å². The summed E-state index contributed by atoms with van der Waals surface area (Å²) in [4.78, 5) is 0. The van der Waals surface area contributed by atoms with E-state index in [-0.39, 0.29) is 0 Å². The lowest BCUT2D eigenvalue weighted by molar-refractivity contribution is 1.13. The molecule has 114 valence electrons. The predicted octanol–water partition coefficient (Wildman–Crippen LogP) is 4.99. The zero-order chi connectivity index (χ0) is 15.9. The molecule has 0 radical (unpaired) electrons. The number of fused-ring (bicyclic) bond motifs is 1. The monoisotopic (exact) mass is 368 g/mol. The predicted molar refractivity (Wildman–Crippen MR) is 101 cm³/mol. The maximum absolute atomic E-state index is 7.65. The first-order valence-electron chi connectivity index (χ1n) is 6.91. The van der Waals surface area contributed by atoms with E-state index in [0.29, 0.717) is 10.0 Å². The fourth-order valence-corrected chi connectivity index (χ4v) is 7.05. The van der Waals surface area contributed by atoms with Crippen LogP contribution in [0.5, 0.6) is 0 Å². The Morgan fingerprint density at radius 2 is 1.95 bits per heavy atom. The Morgan fingerprint density at radius 3 is 2.68 bits per heavy atom. The van der Waals surface area contributed by atoms with Gasteiger partial charge in [-0.25, -0.2) is 0 Å². The maximum atomic E-state index is 7.65. The van der Waals surface area contributed by atoms with Crippen LogP contribution in [0.1, 0.15) is 11.1 Å². The standard InChI is InChI=1S/C16H15Cl2N2PS/c1-11-8-12(14(18)9-13(11)17)6-7-21(22)16-5-3-2-4-15(16)20(21)10-19/h2-5,8-10,19H,6-7H2,1H3. The lowest BCUT2D eigenvalue weighted by atomic mass is 10.1. The van der Waals surface area contributed by atoms with E-state index < -0.39 is 6.19 Å². The first-order valence-corrected chi connectivity index (χ1v) is 10.6. The number of hydrogen-bond acceptors (Lipinski definition) is 2. The summed E-state index contributed by atoms with van der Waals surface area (Å²) in [6.07, 6.45) is 1.11. The van der Waals surface area contributed by atoms with Crippen molar-refractivity contribution in [2.45, 2.75) is 13.3 Å². The number of para-hydroxylation sites is 1. The Morgan fingerprint density at radius 1 is 1.23 bits per heavy atom. The molecule has 0 saturated carbocycles. The molecule has 1 aliphatic rings. The molecule has 0 fully saturated rings. The van der Waals surface area contributed by atoms with Crippen molar-refractivity contribution in [3.8, 4) is 0 Å². The minimum Gasteiger partial charge on any atom is -0.299 e. The van der Waals surface area contributed by atoms with E-state index in [0.717, 1.165) is 29.4 Å². The smallest absolute Gasteiger partial charge is 0.0903 e. The Balaban J connectivity index is 1.87. The first-order chi connectivity index (χ1) is 10.5. The molecule has 0 bridgehead atoms. The number of rotatable bonds is 4. The molecule has 0 spiro atoms. The quantitative estimate of drug-likeness (QED) is 0.467. The lowest BCUT2D eigenvalue weighted by Gasteiger charge is -2.45. The fourth-order valence-electron chi connectivity index (χ4n) is 2.77. The third-order valence-corrected chi connectivity index (χ3v) is 9.40. The highest BCUT2D eigenvalue weighted by Gasteiger charge is 2.39. The maximum Gasteiger partial charge on any atom is 0.0903 e. The van der Waals surface area contributed by atoms with Crippen LogP contribution in [0.15, 0.2) is 36.4 Å². The molecule has 0 saturated heterocycles. The molecular weight excluding hydrogens is 354 g/mol. The van der Waals surface area contributed by atoms with Crippen LogP contribution in [0, 0.1) is 12.3 Å². The van der Waals surface area contributed by atoms with Gasteiger partial charge in [0, 0.05) is 21.5 Å². The first kappa shape index (κ1) is 16.0. The average Bonchev–Trinajstić information content (AvgIpc) is 2.50. The summed E-state index contributed by atoms with van der Waals surface area (Å²) < 4.78 is 1.95. The number of benzene rings is 2. The number of nitrogens with zero attached hydrogens (tertiary/aromatic N) is 1. The fraction of sp³-hybridized carbons (Fsp3) is 0.188. The molecule has 2 aromatic rings. The van der Waals surface area contributed by atoms with Crippen LogP contribution in [-0.4, -0.2) is 12.5 Å². The Hall–Kier alpha value is -0.860. The van der Waals surface area contributed by atoms with Gasteiger partial charge in [-0.2, -0.15) is 0 Å². The van der Waals surface area contributed by atoms with E-state index in [1.807, 2.05) is 35.9 Å². The topological polar surface area (TPSA) is 27.1 Å². The van der Waals surface area contributed by atoms with Gasteiger partial charge in [0.15, 0.2) is 0 Å². The number of anilines is 1. The van der Waals surface area contributed by atoms with Crippen molar-refractivity contribution in [3.05, 3.63) is 57.6 Å². The van der Waals surface area contributed by atoms with E-state index in [4.69, 9.17) is 40.4 Å². The minimum absolute atomic E-state index is 0.687. The summed E-state index contributed by atoms with van der Waals surface area (Å²) in [7, 11) is 0. The Bertz CT molecular complexity index is 807. The molecule has 1 aliphatic heterocycles. The van der Waals surface area contributed by atoms with Gasteiger partial charge in [-0.05, 0) is 42.7 Å². The van der Waals surface area contributed by atoms with Gasteiger partial charge in [-0.1, -0.05) is 53.2 Å². The highest BCUT2D eigenvalue weighted by molar-refractivity contribution is 8.20. The highest BCUT2D eigenvalue weighted by atomic mass is 35.5. The van der Waals surface area contributed by atoms with Crippen molar-refractivity contribution in [1.82, 2.24) is 0 Å². The van der Waals surface area contributed by atoms with E-state index >= 15 is 0 Å². The molecular formula is C16H15Cl2N2PS. The van der Waals surface area contributed by atoms with Crippen LogP contribution in [0.3, 0.4) is 0 Å². The molecule has 1 N–H and O–H groups in total. The largest absolute Gasteiger partial charge is 0.299 e. The zero-order valence-corrected chi connectivity index (χ0v) is 15.2. The van der Waals surface area contributed by atoms with Crippen LogP contribution in [0.2, 0.25) is 10.0 Å². The Kier molecular flexibility index (Phi) is 4.35. The van der Waals surface area contributed by atoms with Crippen LogP contribution in [0.4, 0.5) is 5.69 Å². The summed E-state index contributed by atoms with van der Waals surface area (Å²) in [6.45, 7) is 1.98. The SMILES string of the molecule is Cc1cc(CCP2(=S)c3ccccc3N2C=N)c(Cl)cc1Cl. The molecule has 1 atom stereocenters. The summed E-state index contributed by atoms with van der Waals surface area (Å²) >= 11 is 18.3. The summed E-state index contributed by atoms with van der Waals surface area (Å²) in [5.41, 5.74) is 3.16. The van der Waals surface area contributed by atoms with Gasteiger partial charge in [0.05, 0.1) is 18.2 Å². The second-order valence-corrected chi connectivity index (χ2v) is 10.7. The van der Waals surface area contributed by atoms with Gasteiger partial charge in [-0.3, -0.25) is 10.1 Å². The van der Waals surface area contributed by atoms with Crippen molar-refractivity contribution < 1.29 is 0 Å². The molecule has 3 rings (SSSR count). The van der Waals surface area contributed by atoms with Gasteiger partial charge in [0.25, 0.3) is 0 Å². The average molecular weight is 369 g/mol. The van der Waals surface area contributed by atoms with Gasteiger partial charge < -0.3 is 0 Å². The van der Waals surface area contributed by atoms with Crippen molar-refractivity contribution in [2.24, 2.45) is 0 Å². The van der Waals surface area contributed by atoms with Crippen LogP contribution < -0.4 is 9.97 Å². The zero-order valence-electron chi connectivity index (χ0n) is 12.0. The normalized spacial score (nSPS) is 19.5. The van der Waals surface area contributed by atoms with Gasteiger partial charge in [0.2, 0.25) is 0 Å². The molecule has 0 amide bonds. The molecule has 0 aromatic heterocycles. The number of hydrogen-bond donors (Lipinski definition) is 1.